The maximum Gasteiger partial charge on any atom is 0.0794 e. The van der Waals surface area contributed by atoms with Gasteiger partial charge in [-0.05, 0) is 23.7 Å². The Morgan fingerprint density at radius 2 is 0.917 bits per heavy atom. The summed E-state index contributed by atoms with van der Waals surface area (Å²) < 4.78 is 0. The molecule has 0 unspecified atom stereocenters. The van der Waals surface area contributed by atoms with Crippen LogP contribution in [0.2, 0.25) is 0 Å². The van der Waals surface area contributed by atoms with Gasteiger partial charge in [-0.1, -0.05) is 108 Å². The van der Waals surface area contributed by atoms with Crippen LogP contribution in [0.4, 0.5) is 0 Å². The third-order valence-corrected chi connectivity index (χ3v) is 3.11. The molecule has 2 N–H and O–H groups in total. The Balaban J connectivity index is -0.000000113. The van der Waals surface area contributed by atoms with Gasteiger partial charge in [0.2, 0.25) is 0 Å². The summed E-state index contributed by atoms with van der Waals surface area (Å²) in [6, 6.07) is 0. The fraction of sp³-hybridized carbons (Fsp3) is 0.955. The molecule has 0 amide bonds. The van der Waals surface area contributed by atoms with Crippen molar-refractivity contribution in [2.75, 3.05) is 7.05 Å². The molecule has 0 spiro atoms. The van der Waals surface area contributed by atoms with Crippen LogP contribution in [-0.4, -0.2) is 13.4 Å². The smallest absolute Gasteiger partial charge is 0.0794 e. The number of hydrogen-bond acceptors (Lipinski definition) is 1. The predicted molar refractivity (Wildman–Crippen MR) is 117 cm³/mol. The standard InChI is InChI=1S/2C7H16.C6H14.C2H6N2/c2*1-5-6-7(2,3)4;1-3-5-6-4-2;1-4-2-3/h2*5-6H2,1-4H3;3-6H2,1-2H3;2H,1H3,(H2,3,4). The second-order valence-electron chi connectivity index (χ2n) is 8.74. The van der Waals surface area contributed by atoms with Gasteiger partial charge in [-0.3, -0.25) is 4.99 Å². The summed E-state index contributed by atoms with van der Waals surface area (Å²) in [7, 11) is 1.62. The topological polar surface area (TPSA) is 38.4 Å². The Labute approximate surface area is 156 Å². The maximum absolute atomic E-state index is 4.74. The molecule has 0 aliphatic carbocycles. The summed E-state index contributed by atoms with van der Waals surface area (Å²) >= 11 is 0. The highest BCUT2D eigenvalue weighted by Crippen LogP contribution is 2.19. The van der Waals surface area contributed by atoms with Crippen molar-refractivity contribution in [3.63, 3.8) is 0 Å². The molecule has 0 saturated carbocycles. The van der Waals surface area contributed by atoms with Gasteiger partial charge in [0.15, 0.2) is 0 Å². The Kier molecular flexibility index (Phi) is 29.3. The molecule has 0 aliphatic rings. The van der Waals surface area contributed by atoms with Crippen molar-refractivity contribution < 1.29 is 0 Å². The fourth-order valence-corrected chi connectivity index (χ4v) is 2.00. The van der Waals surface area contributed by atoms with Crippen LogP contribution in [0.25, 0.3) is 0 Å². The lowest BCUT2D eigenvalue weighted by Crippen LogP contribution is -2.02. The van der Waals surface area contributed by atoms with Gasteiger partial charge in [0.1, 0.15) is 0 Å². The third kappa shape index (κ3) is 68.4. The van der Waals surface area contributed by atoms with Crippen LogP contribution in [0.3, 0.4) is 0 Å². The van der Waals surface area contributed by atoms with Gasteiger partial charge in [-0.25, -0.2) is 0 Å². The second-order valence-corrected chi connectivity index (χ2v) is 8.74. The monoisotopic (exact) mass is 344 g/mol. The molecule has 2 heteroatoms. The van der Waals surface area contributed by atoms with E-state index in [-0.39, 0.29) is 0 Å². The van der Waals surface area contributed by atoms with E-state index in [0.717, 1.165) is 0 Å². The van der Waals surface area contributed by atoms with Crippen molar-refractivity contribution >= 4 is 6.34 Å². The summed E-state index contributed by atoms with van der Waals surface area (Å²) in [4.78, 5) is 3.39. The Bertz CT molecular complexity index is 195. The normalized spacial score (nSPS) is 10.8. The lowest BCUT2D eigenvalue weighted by Gasteiger charge is -2.15. The van der Waals surface area contributed by atoms with Crippen molar-refractivity contribution in [3.8, 4) is 0 Å². The van der Waals surface area contributed by atoms with Crippen molar-refractivity contribution in [2.24, 2.45) is 21.6 Å². The van der Waals surface area contributed by atoms with Crippen molar-refractivity contribution in [3.05, 3.63) is 0 Å². The van der Waals surface area contributed by atoms with Crippen LogP contribution in [0.1, 0.15) is 121 Å². The van der Waals surface area contributed by atoms with Crippen LogP contribution in [0, 0.1) is 10.8 Å². The fourth-order valence-electron chi connectivity index (χ4n) is 2.00. The van der Waals surface area contributed by atoms with Gasteiger partial charge < -0.3 is 5.73 Å². The van der Waals surface area contributed by atoms with Crippen LogP contribution in [0.15, 0.2) is 4.99 Å². The van der Waals surface area contributed by atoms with Crippen molar-refractivity contribution in [1.29, 1.82) is 0 Å². The highest BCUT2D eigenvalue weighted by molar-refractivity contribution is 5.50. The molecule has 0 rings (SSSR count). The average Bonchev–Trinajstić information content (AvgIpc) is 2.44. The molecule has 0 heterocycles. The predicted octanol–water partition coefficient (Wildman–Crippen LogP) is 7.86. The van der Waals surface area contributed by atoms with Gasteiger partial charge in [-0.15, -0.1) is 0 Å². The van der Waals surface area contributed by atoms with Gasteiger partial charge >= 0.3 is 0 Å². The van der Waals surface area contributed by atoms with E-state index in [9.17, 15) is 0 Å². The summed E-state index contributed by atoms with van der Waals surface area (Å²) in [5, 5.41) is 0. The minimum absolute atomic E-state index is 0.550. The molecule has 0 bridgehead atoms. The minimum atomic E-state index is 0.550. The van der Waals surface area contributed by atoms with Gasteiger partial charge in [0, 0.05) is 7.05 Å². The molecule has 24 heavy (non-hydrogen) atoms. The molecule has 0 aromatic rings. The maximum atomic E-state index is 4.74. The number of rotatable bonds is 5. The van der Waals surface area contributed by atoms with Crippen LogP contribution in [-0.2, 0) is 0 Å². The second kappa shape index (κ2) is 22.5. The number of nitrogens with zero attached hydrogens (tertiary/aromatic N) is 1. The first kappa shape index (κ1) is 31.3. The highest BCUT2D eigenvalue weighted by atomic mass is 14.7. The summed E-state index contributed by atoms with van der Waals surface area (Å²) in [6.07, 6.45) is 12.1. The van der Waals surface area contributed by atoms with Gasteiger partial charge in [0.05, 0.1) is 6.34 Å². The van der Waals surface area contributed by atoms with E-state index in [0.29, 0.717) is 10.8 Å². The van der Waals surface area contributed by atoms with Crippen LogP contribution in [0.5, 0.6) is 0 Å². The Morgan fingerprint density at radius 3 is 0.958 bits per heavy atom. The summed E-state index contributed by atoms with van der Waals surface area (Å²) in [6.45, 7) is 22.6. The van der Waals surface area contributed by atoms with Crippen molar-refractivity contribution in [2.45, 2.75) is 121 Å². The summed E-state index contributed by atoms with van der Waals surface area (Å²) in [5.41, 5.74) is 5.84. The zero-order valence-corrected chi connectivity index (χ0v) is 19.3. The molecular weight excluding hydrogens is 292 g/mol. The average molecular weight is 345 g/mol. The molecule has 150 valence electrons. The molecule has 0 saturated heterocycles. The van der Waals surface area contributed by atoms with E-state index >= 15 is 0 Å². The zero-order valence-electron chi connectivity index (χ0n) is 19.3. The van der Waals surface area contributed by atoms with E-state index in [1.165, 1.54) is 57.7 Å². The van der Waals surface area contributed by atoms with E-state index in [1.54, 1.807) is 7.05 Å². The molecule has 0 radical (unpaired) electrons. The van der Waals surface area contributed by atoms with E-state index in [2.05, 4.69) is 74.2 Å². The number of aliphatic imine (C=N–C) groups is 1. The highest BCUT2D eigenvalue weighted by Gasteiger charge is 2.06. The SMILES string of the molecule is CCCC(C)(C)C.CCCC(C)(C)C.CCCCCC.CN=CN. The quantitative estimate of drug-likeness (QED) is 0.307. The number of unbranched alkanes of at least 4 members (excludes halogenated alkanes) is 3. The molecule has 2 nitrogen and oxygen atoms in total. The van der Waals surface area contributed by atoms with Crippen molar-refractivity contribution in [1.82, 2.24) is 0 Å². The van der Waals surface area contributed by atoms with Crippen LogP contribution < -0.4 is 5.73 Å². The van der Waals surface area contributed by atoms with Crippen LogP contribution >= 0.6 is 0 Å². The molecule has 0 aliphatic heterocycles. The first-order chi connectivity index (χ1) is 10.9. The van der Waals surface area contributed by atoms with E-state index in [1.807, 2.05) is 0 Å². The number of nitrogens with two attached hydrogens (primary N) is 1. The molecule has 0 aromatic heterocycles. The first-order valence-corrected chi connectivity index (χ1v) is 10.1. The first-order valence-electron chi connectivity index (χ1n) is 10.1. The molecule has 0 fully saturated rings. The van der Waals surface area contributed by atoms with E-state index < -0.39 is 0 Å². The van der Waals surface area contributed by atoms with Gasteiger partial charge in [0.25, 0.3) is 0 Å². The minimum Gasteiger partial charge on any atom is -0.390 e. The Morgan fingerprint density at radius 1 is 0.667 bits per heavy atom. The molecule has 0 atom stereocenters. The summed E-state index contributed by atoms with van der Waals surface area (Å²) in [5.74, 6) is 0. The van der Waals surface area contributed by atoms with Gasteiger partial charge in [-0.2, -0.15) is 0 Å². The molecular formula is C22H52N2. The van der Waals surface area contributed by atoms with E-state index in [4.69, 9.17) is 5.73 Å². The molecule has 0 aromatic carbocycles. The number of hydrogen-bond donors (Lipinski definition) is 1. The lowest BCUT2D eigenvalue weighted by atomic mass is 9.91. The Hall–Kier alpha value is -0.530. The third-order valence-electron chi connectivity index (χ3n) is 3.11. The lowest BCUT2D eigenvalue weighted by molar-refractivity contribution is 0.373. The zero-order chi connectivity index (χ0) is 20.1. The largest absolute Gasteiger partial charge is 0.390 e.